The highest BCUT2D eigenvalue weighted by Gasteiger charge is 2.56. The molecular formula is C11H19NO3. The number of hydrogen-bond acceptors (Lipinski definition) is 4. The summed E-state index contributed by atoms with van der Waals surface area (Å²) in [6, 6.07) is -0.464. The molecule has 15 heavy (non-hydrogen) atoms. The molecule has 2 aliphatic rings. The van der Waals surface area contributed by atoms with Crippen LogP contribution in [0.3, 0.4) is 0 Å². The highest BCUT2D eigenvalue weighted by Crippen LogP contribution is 2.56. The number of carbonyl (C=O) groups is 1. The lowest BCUT2D eigenvalue weighted by atomic mass is 9.79. The van der Waals surface area contributed by atoms with Crippen molar-refractivity contribution in [3.8, 4) is 0 Å². The van der Waals surface area contributed by atoms with E-state index in [1.54, 1.807) is 0 Å². The third-order valence-electron chi connectivity index (χ3n) is 3.88. The van der Waals surface area contributed by atoms with Crippen LogP contribution in [-0.2, 0) is 14.3 Å². The summed E-state index contributed by atoms with van der Waals surface area (Å²) in [5.74, 6) is 0.165. The molecule has 0 aromatic heterocycles. The van der Waals surface area contributed by atoms with Crippen LogP contribution in [0, 0.1) is 11.3 Å². The van der Waals surface area contributed by atoms with Gasteiger partial charge in [-0.05, 0) is 31.6 Å². The van der Waals surface area contributed by atoms with E-state index in [1.807, 2.05) is 0 Å². The third kappa shape index (κ3) is 1.88. The maximum Gasteiger partial charge on any atom is 0.323 e. The highest BCUT2D eigenvalue weighted by atomic mass is 16.5. The Labute approximate surface area is 90.1 Å². The van der Waals surface area contributed by atoms with E-state index in [0.29, 0.717) is 5.92 Å². The van der Waals surface area contributed by atoms with Crippen LogP contribution in [0.4, 0.5) is 0 Å². The minimum Gasteiger partial charge on any atom is -0.468 e. The van der Waals surface area contributed by atoms with Gasteiger partial charge >= 0.3 is 5.97 Å². The van der Waals surface area contributed by atoms with Gasteiger partial charge in [-0.2, -0.15) is 0 Å². The monoisotopic (exact) mass is 213 g/mol. The van der Waals surface area contributed by atoms with E-state index in [1.165, 1.54) is 7.11 Å². The van der Waals surface area contributed by atoms with Gasteiger partial charge in [0.25, 0.3) is 0 Å². The van der Waals surface area contributed by atoms with E-state index in [2.05, 4.69) is 0 Å². The Morgan fingerprint density at radius 2 is 2.33 bits per heavy atom. The number of carbonyl (C=O) groups excluding carboxylic acids is 1. The van der Waals surface area contributed by atoms with Crippen molar-refractivity contribution in [3.63, 3.8) is 0 Å². The van der Waals surface area contributed by atoms with Crippen LogP contribution in [-0.4, -0.2) is 32.3 Å². The Hall–Kier alpha value is -0.610. The summed E-state index contributed by atoms with van der Waals surface area (Å²) in [6.45, 7) is 1.60. The third-order valence-corrected chi connectivity index (χ3v) is 3.88. The molecule has 0 spiro atoms. The fourth-order valence-corrected chi connectivity index (χ4v) is 2.67. The summed E-state index contributed by atoms with van der Waals surface area (Å²) >= 11 is 0. The van der Waals surface area contributed by atoms with Gasteiger partial charge in [0.05, 0.1) is 7.11 Å². The Balaban J connectivity index is 2.02. The molecule has 2 N–H and O–H groups in total. The zero-order valence-electron chi connectivity index (χ0n) is 9.20. The molecule has 1 aliphatic carbocycles. The van der Waals surface area contributed by atoms with E-state index >= 15 is 0 Å². The summed E-state index contributed by atoms with van der Waals surface area (Å²) in [5.41, 5.74) is 5.95. The Morgan fingerprint density at radius 1 is 1.60 bits per heavy atom. The maximum absolute atomic E-state index is 11.5. The topological polar surface area (TPSA) is 61.5 Å². The minimum absolute atomic E-state index is 0.0203. The molecule has 1 heterocycles. The first kappa shape index (κ1) is 10.9. The molecule has 0 amide bonds. The zero-order valence-corrected chi connectivity index (χ0v) is 9.20. The van der Waals surface area contributed by atoms with Gasteiger partial charge in [0.15, 0.2) is 0 Å². The predicted molar refractivity (Wildman–Crippen MR) is 55.2 cm³/mol. The molecule has 4 nitrogen and oxygen atoms in total. The lowest BCUT2D eigenvalue weighted by Gasteiger charge is -2.33. The van der Waals surface area contributed by atoms with Gasteiger partial charge in [-0.15, -0.1) is 0 Å². The number of rotatable bonds is 3. The van der Waals surface area contributed by atoms with Gasteiger partial charge < -0.3 is 15.2 Å². The molecule has 2 unspecified atom stereocenters. The van der Waals surface area contributed by atoms with Gasteiger partial charge in [-0.25, -0.2) is 0 Å². The molecule has 4 heteroatoms. The van der Waals surface area contributed by atoms with E-state index in [-0.39, 0.29) is 11.4 Å². The van der Waals surface area contributed by atoms with Crippen molar-refractivity contribution in [3.05, 3.63) is 0 Å². The van der Waals surface area contributed by atoms with E-state index in [0.717, 1.165) is 38.9 Å². The molecule has 1 saturated carbocycles. The number of ether oxygens (including phenoxy) is 2. The van der Waals surface area contributed by atoms with Gasteiger partial charge in [0.1, 0.15) is 6.04 Å². The summed E-state index contributed by atoms with van der Waals surface area (Å²) in [4.78, 5) is 11.5. The maximum atomic E-state index is 11.5. The first-order valence-corrected chi connectivity index (χ1v) is 5.62. The van der Waals surface area contributed by atoms with Crippen molar-refractivity contribution in [2.45, 2.75) is 31.7 Å². The average molecular weight is 213 g/mol. The minimum atomic E-state index is -0.464. The normalized spacial score (nSPS) is 30.7. The van der Waals surface area contributed by atoms with Crippen LogP contribution < -0.4 is 5.73 Å². The number of hydrogen-bond donors (Lipinski definition) is 1. The van der Waals surface area contributed by atoms with Crippen molar-refractivity contribution in [2.24, 2.45) is 17.1 Å². The molecule has 0 aromatic rings. The first-order valence-electron chi connectivity index (χ1n) is 5.62. The van der Waals surface area contributed by atoms with E-state index in [4.69, 9.17) is 15.2 Å². The lowest BCUT2D eigenvalue weighted by molar-refractivity contribution is -0.145. The smallest absolute Gasteiger partial charge is 0.323 e. The van der Waals surface area contributed by atoms with Crippen LogP contribution in [0.25, 0.3) is 0 Å². The molecule has 2 fully saturated rings. The number of methoxy groups -OCH3 is 1. The summed E-state index contributed by atoms with van der Waals surface area (Å²) < 4.78 is 10.2. The fraction of sp³-hybridized carbons (Fsp3) is 0.909. The summed E-state index contributed by atoms with van der Waals surface area (Å²) in [5, 5.41) is 0. The van der Waals surface area contributed by atoms with E-state index in [9.17, 15) is 4.79 Å². The average Bonchev–Trinajstić information content (AvgIpc) is 3.09. The second-order valence-corrected chi connectivity index (χ2v) is 4.65. The fourth-order valence-electron chi connectivity index (χ4n) is 2.67. The zero-order chi connectivity index (χ0) is 10.9. The SMILES string of the molecule is COC(=O)C(N)C1(C2CCCOC2)CC1. The predicted octanol–water partition coefficient (Wildman–Crippen LogP) is 0.693. The molecular weight excluding hydrogens is 194 g/mol. The van der Waals surface area contributed by atoms with Crippen LogP contribution in [0.2, 0.25) is 0 Å². The second kappa shape index (κ2) is 4.10. The molecule has 2 atom stereocenters. The Bertz CT molecular complexity index is 244. The standard InChI is InChI=1S/C11H19NO3/c1-14-10(13)9(12)11(4-5-11)8-3-2-6-15-7-8/h8-9H,2-7,12H2,1H3. The number of esters is 1. The molecule has 0 radical (unpaired) electrons. The summed E-state index contributed by atoms with van der Waals surface area (Å²) in [7, 11) is 1.40. The van der Waals surface area contributed by atoms with E-state index < -0.39 is 6.04 Å². The second-order valence-electron chi connectivity index (χ2n) is 4.65. The van der Waals surface area contributed by atoms with Crippen molar-refractivity contribution < 1.29 is 14.3 Å². The molecule has 86 valence electrons. The van der Waals surface area contributed by atoms with Crippen molar-refractivity contribution >= 4 is 5.97 Å². The van der Waals surface area contributed by atoms with Gasteiger partial charge in [0, 0.05) is 18.6 Å². The molecule has 1 aliphatic heterocycles. The quantitative estimate of drug-likeness (QED) is 0.701. The van der Waals surface area contributed by atoms with Crippen LogP contribution in [0.1, 0.15) is 25.7 Å². The first-order chi connectivity index (χ1) is 7.20. The molecule has 2 rings (SSSR count). The Morgan fingerprint density at radius 3 is 2.80 bits per heavy atom. The number of nitrogens with two attached hydrogens (primary N) is 1. The van der Waals surface area contributed by atoms with Crippen molar-refractivity contribution in [1.29, 1.82) is 0 Å². The molecule has 0 aromatic carbocycles. The van der Waals surface area contributed by atoms with Crippen molar-refractivity contribution in [2.75, 3.05) is 20.3 Å². The van der Waals surface area contributed by atoms with Gasteiger partial charge in [0.2, 0.25) is 0 Å². The molecule has 1 saturated heterocycles. The van der Waals surface area contributed by atoms with Crippen LogP contribution in [0.5, 0.6) is 0 Å². The van der Waals surface area contributed by atoms with Crippen molar-refractivity contribution in [1.82, 2.24) is 0 Å². The van der Waals surface area contributed by atoms with Crippen LogP contribution >= 0.6 is 0 Å². The largest absolute Gasteiger partial charge is 0.468 e. The van der Waals surface area contributed by atoms with Gasteiger partial charge in [-0.1, -0.05) is 0 Å². The lowest BCUT2D eigenvalue weighted by Crippen LogP contribution is -2.46. The Kier molecular flexibility index (Phi) is 2.98. The molecule has 0 bridgehead atoms. The highest BCUT2D eigenvalue weighted by molar-refractivity contribution is 5.77. The van der Waals surface area contributed by atoms with Crippen LogP contribution in [0.15, 0.2) is 0 Å². The van der Waals surface area contributed by atoms with Gasteiger partial charge in [-0.3, -0.25) is 4.79 Å². The summed E-state index contributed by atoms with van der Waals surface area (Å²) in [6.07, 6.45) is 4.29.